The highest BCUT2D eigenvalue weighted by Gasteiger charge is 2.20. The topological polar surface area (TPSA) is 60.0 Å². The molecule has 7 heteroatoms. The van der Waals surface area contributed by atoms with Crippen LogP contribution in [0.25, 0.3) is 0 Å². The minimum Gasteiger partial charge on any atom is -0.493 e. The summed E-state index contributed by atoms with van der Waals surface area (Å²) in [6.45, 7) is 0.771. The second kappa shape index (κ2) is 7.02. The van der Waals surface area contributed by atoms with Crippen LogP contribution >= 0.6 is 0 Å². The average molecular weight is 337 g/mol. The quantitative estimate of drug-likeness (QED) is 0.848. The van der Waals surface area contributed by atoms with Crippen molar-refractivity contribution in [3.63, 3.8) is 0 Å². The zero-order valence-corrected chi connectivity index (χ0v) is 13.0. The van der Waals surface area contributed by atoms with Gasteiger partial charge in [-0.05, 0) is 35.4 Å². The van der Waals surface area contributed by atoms with Crippen molar-refractivity contribution in [3.05, 3.63) is 53.1 Å². The maximum atomic E-state index is 13.2. The van der Waals surface area contributed by atoms with Crippen LogP contribution in [0.2, 0.25) is 0 Å². The maximum Gasteiger partial charge on any atom is 0.231 e. The van der Waals surface area contributed by atoms with Gasteiger partial charge < -0.3 is 24.6 Å². The molecule has 0 saturated carbocycles. The molecule has 0 fully saturated rings. The van der Waals surface area contributed by atoms with Gasteiger partial charge in [0.05, 0.1) is 13.2 Å². The van der Waals surface area contributed by atoms with E-state index in [0.717, 1.165) is 17.7 Å². The Morgan fingerprint density at radius 2 is 2.04 bits per heavy atom. The molecule has 0 spiro atoms. The Balaban J connectivity index is 1.61. The van der Waals surface area contributed by atoms with E-state index in [2.05, 4.69) is 5.32 Å². The number of fused-ring (bicyclic) bond motifs is 1. The predicted molar refractivity (Wildman–Crippen MR) is 82.1 cm³/mol. The van der Waals surface area contributed by atoms with E-state index in [1.165, 1.54) is 6.07 Å². The zero-order valence-electron chi connectivity index (χ0n) is 13.0. The normalized spacial score (nSPS) is 13.8. The van der Waals surface area contributed by atoms with Gasteiger partial charge in [0.15, 0.2) is 23.1 Å². The third-order valence-corrected chi connectivity index (χ3v) is 3.71. The van der Waals surface area contributed by atoms with Crippen LogP contribution in [0, 0.1) is 11.6 Å². The maximum absolute atomic E-state index is 13.2. The highest BCUT2D eigenvalue weighted by atomic mass is 19.2. The number of nitrogens with one attached hydrogen (secondary N) is 1. The summed E-state index contributed by atoms with van der Waals surface area (Å²) in [5.74, 6) is -0.170. The molecule has 0 amide bonds. The molecule has 1 heterocycles. The molecule has 1 aliphatic rings. The molecule has 0 bridgehead atoms. The average Bonchev–Trinajstić information content (AvgIpc) is 3.05. The highest BCUT2D eigenvalue weighted by Crippen LogP contribution is 2.41. The van der Waals surface area contributed by atoms with E-state index in [-0.39, 0.29) is 13.3 Å². The van der Waals surface area contributed by atoms with Crippen LogP contribution in [-0.2, 0) is 6.54 Å². The van der Waals surface area contributed by atoms with Gasteiger partial charge in [-0.3, -0.25) is 0 Å². The van der Waals surface area contributed by atoms with Crippen molar-refractivity contribution >= 4 is 0 Å². The number of aliphatic hydroxyl groups is 1. The van der Waals surface area contributed by atoms with Gasteiger partial charge >= 0.3 is 0 Å². The van der Waals surface area contributed by atoms with Gasteiger partial charge in [-0.1, -0.05) is 6.07 Å². The second-order valence-electron chi connectivity index (χ2n) is 5.35. The number of rotatable bonds is 6. The van der Waals surface area contributed by atoms with Gasteiger partial charge in [-0.25, -0.2) is 8.78 Å². The molecular formula is C17H17F2NO4. The molecule has 3 rings (SSSR count). The van der Waals surface area contributed by atoms with Crippen LogP contribution in [0.4, 0.5) is 8.78 Å². The van der Waals surface area contributed by atoms with E-state index in [9.17, 15) is 13.9 Å². The fraction of sp³-hybridized carbons (Fsp3) is 0.294. The van der Waals surface area contributed by atoms with E-state index in [4.69, 9.17) is 14.2 Å². The van der Waals surface area contributed by atoms with E-state index in [0.29, 0.717) is 29.4 Å². The molecule has 5 nitrogen and oxygen atoms in total. The first-order valence-electron chi connectivity index (χ1n) is 7.38. The molecule has 2 aromatic rings. The molecule has 0 radical (unpaired) electrons. The smallest absolute Gasteiger partial charge is 0.231 e. The summed E-state index contributed by atoms with van der Waals surface area (Å²) in [6.07, 6.45) is -0.948. The van der Waals surface area contributed by atoms with Crippen molar-refractivity contribution in [1.82, 2.24) is 5.32 Å². The van der Waals surface area contributed by atoms with Gasteiger partial charge in [-0.2, -0.15) is 0 Å². The van der Waals surface area contributed by atoms with Gasteiger partial charge in [0.1, 0.15) is 0 Å². The van der Waals surface area contributed by atoms with E-state index in [1.807, 2.05) is 12.1 Å². The number of methoxy groups -OCH3 is 1. The summed E-state index contributed by atoms with van der Waals surface area (Å²) in [7, 11) is 1.54. The van der Waals surface area contributed by atoms with Crippen molar-refractivity contribution in [3.8, 4) is 17.2 Å². The molecule has 0 unspecified atom stereocenters. The van der Waals surface area contributed by atoms with Crippen molar-refractivity contribution in [1.29, 1.82) is 0 Å². The SMILES string of the molecule is COc1cc(CNC[C@@H](O)c2ccc(F)c(F)c2)cc2c1OCO2. The molecule has 2 N–H and O–H groups in total. The monoisotopic (exact) mass is 337 g/mol. The lowest BCUT2D eigenvalue weighted by Crippen LogP contribution is -2.21. The molecule has 1 atom stereocenters. The first-order chi connectivity index (χ1) is 11.6. The summed E-state index contributed by atoms with van der Waals surface area (Å²) in [5.41, 5.74) is 1.19. The molecule has 0 saturated heterocycles. The summed E-state index contributed by atoms with van der Waals surface area (Å²) in [4.78, 5) is 0. The first-order valence-corrected chi connectivity index (χ1v) is 7.38. The molecule has 24 heavy (non-hydrogen) atoms. The fourth-order valence-corrected chi connectivity index (χ4v) is 2.48. The number of benzene rings is 2. The van der Waals surface area contributed by atoms with Crippen molar-refractivity contribution in [2.75, 3.05) is 20.4 Å². The molecular weight excluding hydrogens is 320 g/mol. The molecule has 2 aromatic carbocycles. The van der Waals surface area contributed by atoms with Gasteiger partial charge in [-0.15, -0.1) is 0 Å². The lowest BCUT2D eigenvalue weighted by atomic mass is 10.1. The number of ether oxygens (including phenoxy) is 3. The Morgan fingerprint density at radius 1 is 1.21 bits per heavy atom. The van der Waals surface area contributed by atoms with Crippen molar-refractivity contribution < 1.29 is 28.1 Å². The summed E-state index contributed by atoms with van der Waals surface area (Å²) < 4.78 is 42.0. The fourth-order valence-electron chi connectivity index (χ4n) is 2.48. The number of halogens is 2. The van der Waals surface area contributed by atoms with Crippen molar-refractivity contribution in [2.24, 2.45) is 0 Å². The Morgan fingerprint density at radius 3 is 2.79 bits per heavy atom. The van der Waals surface area contributed by atoms with Crippen LogP contribution in [-0.4, -0.2) is 25.6 Å². The van der Waals surface area contributed by atoms with Crippen LogP contribution in [0.15, 0.2) is 30.3 Å². The summed E-state index contributed by atoms with van der Waals surface area (Å²) in [6, 6.07) is 6.97. The molecule has 0 aliphatic carbocycles. The van der Waals surface area contributed by atoms with Gasteiger partial charge in [0.2, 0.25) is 12.5 Å². The standard InChI is InChI=1S/C17H17F2NO4/c1-22-15-4-10(5-16-17(15)24-9-23-16)7-20-8-14(21)11-2-3-12(18)13(19)6-11/h2-6,14,20-21H,7-9H2,1H3/t14-/m1/s1. The third-order valence-electron chi connectivity index (χ3n) is 3.71. The van der Waals surface area contributed by atoms with Crippen LogP contribution in [0.1, 0.15) is 17.2 Å². The predicted octanol–water partition coefficient (Wildman–Crippen LogP) is 2.53. The Bertz CT molecular complexity index is 739. The van der Waals surface area contributed by atoms with Crippen LogP contribution in [0.5, 0.6) is 17.2 Å². The van der Waals surface area contributed by atoms with E-state index in [1.54, 1.807) is 7.11 Å². The van der Waals surface area contributed by atoms with E-state index < -0.39 is 17.7 Å². The minimum atomic E-state index is -0.980. The summed E-state index contributed by atoms with van der Waals surface area (Å²) in [5, 5.41) is 13.1. The van der Waals surface area contributed by atoms with Gasteiger partial charge in [0.25, 0.3) is 0 Å². The molecule has 1 aliphatic heterocycles. The van der Waals surface area contributed by atoms with Gasteiger partial charge in [0, 0.05) is 13.1 Å². The van der Waals surface area contributed by atoms with Crippen LogP contribution in [0.3, 0.4) is 0 Å². The lowest BCUT2D eigenvalue weighted by Gasteiger charge is -2.13. The second-order valence-corrected chi connectivity index (χ2v) is 5.35. The highest BCUT2D eigenvalue weighted by molar-refractivity contribution is 5.55. The van der Waals surface area contributed by atoms with Crippen LogP contribution < -0.4 is 19.5 Å². The molecule has 128 valence electrons. The lowest BCUT2D eigenvalue weighted by molar-refractivity contribution is 0.171. The Labute approximate surface area is 137 Å². The number of hydrogen-bond donors (Lipinski definition) is 2. The van der Waals surface area contributed by atoms with Crippen molar-refractivity contribution in [2.45, 2.75) is 12.6 Å². The first kappa shape index (κ1) is 16.5. The Hall–Kier alpha value is -2.38. The van der Waals surface area contributed by atoms with E-state index >= 15 is 0 Å². The third kappa shape index (κ3) is 3.42. The largest absolute Gasteiger partial charge is 0.493 e. The zero-order chi connectivity index (χ0) is 17.1. The number of hydrogen-bond acceptors (Lipinski definition) is 5. The summed E-state index contributed by atoms with van der Waals surface area (Å²) >= 11 is 0. The molecule has 0 aromatic heterocycles. The number of aliphatic hydroxyl groups excluding tert-OH is 1. The minimum absolute atomic E-state index is 0.150. The Kier molecular flexibility index (Phi) is 4.82.